The number of anilines is 2. The van der Waals surface area contributed by atoms with Crippen molar-refractivity contribution in [2.24, 2.45) is 0 Å². The third-order valence-electron chi connectivity index (χ3n) is 5.65. The van der Waals surface area contributed by atoms with E-state index < -0.39 is 0 Å². The number of nitrogens with zero attached hydrogens (tertiary/aromatic N) is 2. The second-order valence-electron chi connectivity index (χ2n) is 7.71. The third-order valence-corrected chi connectivity index (χ3v) is 5.65. The second kappa shape index (κ2) is 7.97. The van der Waals surface area contributed by atoms with E-state index in [0.29, 0.717) is 0 Å². The highest BCUT2D eigenvalue weighted by Crippen LogP contribution is 2.29. The molecule has 0 saturated carbocycles. The van der Waals surface area contributed by atoms with E-state index in [4.69, 9.17) is 0 Å². The number of benzene rings is 2. The number of pyridine rings is 1. The van der Waals surface area contributed by atoms with E-state index in [9.17, 15) is 5.26 Å². The molecule has 2 heterocycles. The summed E-state index contributed by atoms with van der Waals surface area (Å²) in [6.07, 6.45) is 4.42. The van der Waals surface area contributed by atoms with Gasteiger partial charge in [-0.25, -0.2) is 0 Å². The fourth-order valence-corrected chi connectivity index (χ4v) is 4.03. The van der Waals surface area contributed by atoms with Gasteiger partial charge >= 0.3 is 0 Å². The summed E-state index contributed by atoms with van der Waals surface area (Å²) < 4.78 is 2.18. The molecule has 29 heavy (non-hydrogen) atoms. The number of unbranched alkanes of at least 4 members (excludes halogenated alkanes) is 2. The molecule has 0 radical (unpaired) electrons. The molecular formula is C25H27N4+. The van der Waals surface area contributed by atoms with E-state index in [1.165, 1.54) is 24.0 Å². The Kier molecular flexibility index (Phi) is 5.22. The van der Waals surface area contributed by atoms with Gasteiger partial charge in [-0.2, -0.15) is 9.66 Å². The predicted molar refractivity (Wildman–Crippen MR) is 119 cm³/mol. The van der Waals surface area contributed by atoms with Crippen LogP contribution in [0.15, 0.2) is 48.5 Å². The predicted octanol–water partition coefficient (Wildman–Crippen LogP) is 5.87. The van der Waals surface area contributed by atoms with Gasteiger partial charge < -0.3 is 0 Å². The molecule has 0 fully saturated rings. The number of H-pyrrole nitrogens is 1. The molecule has 0 amide bonds. The first-order valence-corrected chi connectivity index (χ1v) is 10.4. The minimum Gasteiger partial charge on any atom is -0.273 e. The second-order valence-corrected chi connectivity index (χ2v) is 7.71. The summed E-state index contributed by atoms with van der Waals surface area (Å²) in [6, 6.07) is 19.1. The number of hydrogen-bond acceptors (Lipinski definition) is 2. The quantitative estimate of drug-likeness (QED) is 0.323. The molecule has 146 valence electrons. The molecule has 4 heteroatoms. The zero-order chi connectivity index (χ0) is 20.4. The highest BCUT2D eigenvalue weighted by Gasteiger charge is 2.25. The maximum Gasteiger partial charge on any atom is 0.250 e. The maximum absolute atomic E-state index is 9.95. The summed E-state index contributed by atoms with van der Waals surface area (Å²) in [5.41, 5.74) is 8.24. The van der Waals surface area contributed by atoms with Crippen LogP contribution in [0.4, 0.5) is 11.5 Å². The highest BCUT2D eigenvalue weighted by atomic mass is 15.1. The van der Waals surface area contributed by atoms with Gasteiger partial charge in [0.15, 0.2) is 0 Å². The Morgan fingerprint density at radius 3 is 2.52 bits per heavy atom. The number of imidazole rings is 1. The van der Waals surface area contributed by atoms with Crippen LogP contribution in [0.1, 0.15) is 48.4 Å². The summed E-state index contributed by atoms with van der Waals surface area (Å²) >= 11 is 0. The van der Waals surface area contributed by atoms with Crippen LogP contribution in [0.2, 0.25) is 0 Å². The topological polar surface area (TPSA) is 55.7 Å². The lowest BCUT2D eigenvalue weighted by molar-refractivity contribution is -0.465. The molecule has 0 atom stereocenters. The minimum atomic E-state index is 0.724. The number of aromatic nitrogens is 2. The van der Waals surface area contributed by atoms with Crippen LogP contribution >= 0.6 is 0 Å². The van der Waals surface area contributed by atoms with Crippen molar-refractivity contribution < 1.29 is 4.40 Å². The molecule has 0 aliphatic carbocycles. The lowest BCUT2D eigenvalue weighted by atomic mass is 9.99. The largest absolute Gasteiger partial charge is 0.273 e. The van der Waals surface area contributed by atoms with Gasteiger partial charge in [0.1, 0.15) is 22.7 Å². The van der Waals surface area contributed by atoms with Gasteiger partial charge in [-0.3, -0.25) is 10.3 Å². The normalized spacial score (nSPS) is 11.1. The number of rotatable bonds is 6. The summed E-state index contributed by atoms with van der Waals surface area (Å²) in [4.78, 5) is 3.47. The summed E-state index contributed by atoms with van der Waals surface area (Å²) in [6.45, 7) is 6.39. The van der Waals surface area contributed by atoms with Crippen molar-refractivity contribution >= 4 is 28.2 Å². The Labute approximate surface area is 171 Å². The Hall–Kier alpha value is -3.32. The lowest BCUT2D eigenvalue weighted by Crippen LogP contribution is -2.28. The van der Waals surface area contributed by atoms with Crippen LogP contribution in [0, 0.1) is 25.2 Å². The average Bonchev–Trinajstić information content (AvgIpc) is 3.11. The summed E-state index contributed by atoms with van der Waals surface area (Å²) in [5, 5.41) is 13.6. The van der Waals surface area contributed by atoms with Gasteiger partial charge in [-0.05, 0) is 56.5 Å². The maximum atomic E-state index is 9.95. The van der Waals surface area contributed by atoms with Crippen molar-refractivity contribution in [3.05, 3.63) is 70.8 Å². The molecule has 0 saturated heterocycles. The standard InChI is InChI=1S/C25H26N4/c1-4-5-6-9-20-18(3)21(16-26)25-28-22-10-7-8-11-23(22)29(25)24(20)27-19-14-12-17(2)13-15-19/h7-8,10-15H,4-6,9H2,1-3H3,(H,27,28)/p+1. The molecule has 0 bridgehead atoms. The smallest absolute Gasteiger partial charge is 0.250 e. The van der Waals surface area contributed by atoms with Gasteiger partial charge in [-0.1, -0.05) is 49.6 Å². The van der Waals surface area contributed by atoms with E-state index in [1.807, 2.05) is 12.1 Å². The van der Waals surface area contributed by atoms with E-state index >= 15 is 0 Å². The number of para-hydroxylation sites is 2. The molecule has 0 unspecified atom stereocenters. The molecule has 0 spiro atoms. The van der Waals surface area contributed by atoms with Crippen molar-refractivity contribution in [3.63, 3.8) is 0 Å². The van der Waals surface area contributed by atoms with Crippen molar-refractivity contribution in [2.45, 2.75) is 46.5 Å². The van der Waals surface area contributed by atoms with Gasteiger partial charge in [-0.15, -0.1) is 0 Å². The van der Waals surface area contributed by atoms with Crippen LogP contribution in [-0.4, -0.2) is 4.98 Å². The van der Waals surface area contributed by atoms with Crippen LogP contribution in [0.25, 0.3) is 16.7 Å². The van der Waals surface area contributed by atoms with E-state index in [2.05, 4.69) is 77.9 Å². The third kappa shape index (κ3) is 3.45. The number of nitriles is 1. The first-order chi connectivity index (χ1) is 14.1. The zero-order valence-electron chi connectivity index (χ0n) is 17.3. The van der Waals surface area contributed by atoms with Crippen LogP contribution < -0.4 is 9.72 Å². The lowest BCUT2D eigenvalue weighted by Gasteiger charge is -2.14. The van der Waals surface area contributed by atoms with Gasteiger partial charge in [0.25, 0.3) is 0 Å². The van der Waals surface area contributed by atoms with E-state index in [1.54, 1.807) is 0 Å². The fourth-order valence-electron chi connectivity index (χ4n) is 4.03. The zero-order valence-corrected chi connectivity index (χ0v) is 17.3. The van der Waals surface area contributed by atoms with E-state index in [-0.39, 0.29) is 0 Å². The Morgan fingerprint density at radius 1 is 1.03 bits per heavy atom. The van der Waals surface area contributed by atoms with Gasteiger partial charge in [0.2, 0.25) is 11.5 Å². The number of fused-ring (bicyclic) bond motifs is 3. The van der Waals surface area contributed by atoms with Gasteiger partial charge in [0.05, 0.1) is 5.69 Å². The van der Waals surface area contributed by atoms with Crippen LogP contribution in [0.5, 0.6) is 0 Å². The Bertz CT molecular complexity index is 1210. The molecule has 4 nitrogen and oxygen atoms in total. The molecule has 2 N–H and O–H groups in total. The molecule has 4 aromatic rings. The van der Waals surface area contributed by atoms with Crippen LogP contribution in [-0.2, 0) is 6.42 Å². The van der Waals surface area contributed by atoms with Crippen LogP contribution in [0.3, 0.4) is 0 Å². The number of nitrogens with one attached hydrogen (secondary N) is 2. The SMILES string of the molecule is CCCCCc1c(C)c(C#N)c2[nH]c3ccccc3[n+]2c1Nc1ccc(C)cc1. The van der Waals surface area contributed by atoms with E-state index in [0.717, 1.165) is 52.2 Å². The Balaban J connectivity index is 2.01. The highest BCUT2D eigenvalue weighted by molar-refractivity contribution is 5.78. The van der Waals surface area contributed by atoms with Crippen molar-refractivity contribution in [2.75, 3.05) is 5.32 Å². The molecule has 2 aromatic heterocycles. The monoisotopic (exact) mass is 383 g/mol. The first kappa shape index (κ1) is 19.0. The van der Waals surface area contributed by atoms with Crippen molar-refractivity contribution in [1.29, 1.82) is 5.26 Å². The Morgan fingerprint density at radius 2 is 1.79 bits per heavy atom. The molecule has 0 aliphatic heterocycles. The summed E-state index contributed by atoms with van der Waals surface area (Å²) in [5.74, 6) is 1.05. The summed E-state index contributed by atoms with van der Waals surface area (Å²) in [7, 11) is 0. The van der Waals surface area contributed by atoms with Crippen molar-refractivity contribution in [3.8, 4) is 6.07 Å². The molecular weight excluding hydrogens is 356 g/mol. The van der Waals surface area contributed by atoms with Gasteiger partial charge in [0, 0.05) is 5.56 Å². The molecule has 2 aromatic carbocycles. The number of aromatic amines is 1. The minimum absolute atomic E-state index is 0.724. The fraction of sp³-hybridized carbons (Fsp3) is 0.280. The molecule has 4 rings (SSSR count). The number of hydrogen-bond donors (Lipinski definition) is 2. The average molecular weight is 384 g/mol. The first-order valence-electron chi connectivity index (χ1n) is 10.4. The van der Waals surface area contributed by atoms with Crippen molar-refractivity contribution in [1.82, 2.24) is 4.98 Å². The number of aryl methyl sites for hydroxylation is 1. The molecule has 0 aliphatic rings.